The zero-order valence-corrected chi connectivity index (χ0v) is 20.0. The van der Waals surface area contributed by atoms with Crippen LogP contribution in [0, 0.1) is 0 Å². The van der Waals surface area contributed by atoms with Crippen molar-refractivity contribution >= 4 is 38.4 Å². The molecule has 0 atom stereocenters. The van der Waals surface area contributed by atoms with Crippen molar-refractivity contribution in [2.75, 3.05) is 12.9 Å². The largest absolute Gasteiger partial charge is 0.494 e. The van der Waals surface area contributed by atoms with E-state index in [4.69, 9.17) is 16.3 Å². The number of aromatic amines is 1. The summed E-state index contributed by atoms with van der Waals surface area (Å²) in [5, 5.41) is 1.37. The van der Waals surface area contributed by atoms with Crippen molar-refractivity contribution in [1.29, 1.82) is 0 Å². The van der Waals surface area contributed by atoms with Crippen LogP contribution in [0.25, 0.3) is 10.9 Å². The number of benzene rings is 2. The van der Waals surface area contributed by atoms with Crippen molar-refractivity contribution in [2.45, 2.75) is 45.4 Å². The molecule has 1 amide bonds. The first-order chi connectivity index (χ1) is 15.3. The molecule has 2 aromatic carbocycles. The molecule has 8 heteroatoms. The van der Waals surface area contributed by atoms with E-state index in [9.17, 15) is 13.2 Å². The lowest BCUT2D eigenvalue weighted by Gasteiger charge is -2.09. The first kappa shape index (κ1) is 24.1. The monoisotopic (exact) mass is 476 g/mol. The van der Waals surface area contributed by atoms with Gasteiger partial charge in [0.15, 0.2) is 0 Å². The maximum Gasteiger partial charge on any atom is 0.281 e. The maximum atomic E-state index is 12.5. The van der Waals surface area contributed by atoms with E-state index < -0.39 is 15.9 Å². The number of nitrogens with one attached hydrogen (secondary N) is 2. The summed E-state index contributed by atoms with van der Waals surface area (Å²) in [6, 6.07) is 13.5. The van der Waals surface area contributed by atoms with Gasteiger partial charge in [-0.15, -0.1) is 0 Å². The predicted molar refractivity (Wildman–Crippen MR) is 129 cm³/mol. The van der Waals surface area contributed by atoms with Crippen molar-refractivity contribution in [3.63, 3.8) is 0 Å². The molecule has 32 heavy (non-hydrogen) atoms. The highest BCUT2D eigenvalue weighted by Gasteiger charge is 2.20. The Kier molecular flexibility index (Phi) is 8.21. The average molecular weight is 477 g/mol. The van der Waals surface area contributed by atoms with Gasteiger partial charge < -0.3 is 9.72 Å². The summed E-state index contributed by atoms with van der Waals surface area (Å²) in [7, 11) is -3.68. The predicted octanol–water partition coefficient (Wildman–Crippen LogP) is 5.26. The van der Waals surface area contributed by atoms with E-state index in [0.29, 0.717) is 30.0 Å². The Hall–Kier alpha value is -2.51. The number of carbonyl (C=O) groups is 1. The van der Waals surface area contributed by atoms with Gasteiger partial charge in [-0.3, -0.25) is 4.79 Å². The second kappa shape index (κ2) is 10.9. The van der Waals surface area contributed by atoms with Crippen molar-refractivity contribution in [3.8, 4) is 5.75 Å². The number of aryl methyl sites for hydroxylation is 2. The van der Waals surface area contributed by atoms with E-state index in [-0.39, 0.29) is 5.69 Å². The van der Waals surface area contributed by atoms with Gasteiger partial charge >= 0.3 is 0 Å². The summed E-state index contributed by atoms with van der Waals surface area (Å²) in [5.41, 5.74) is 2.93. The molecule has 0 aliphatic carbocycles. The van der Waals surface area contributed by atoms with E-state index in [0.717, 1.165) is 29.4 Å². The van der Waals surface area contributed by atoms with Crippen LogP contribution in [0.3, 0.4) is 0 Å². The Morgan fingerprint density at radius 3 is 2.66 bits per heavy atom. The molecule has 1 heterocycles. The van der Waals surface area contributed by atoms with Gasteiger partial charge in [0, 0.05) is 15.9 Å². The third-order valence-electron chi connectivity index (χ3n) is 5.18. The number of sulfonamides is 1. The molecule has 1 aromatic heterocycles. The third-order valence-corrected chi connectivity index (χ3v) is 5.97. The lowest BCUT2D eigenvalue weighted by atomic mass is 10.1. The summed E-state index contributed by atoms with van der Waals surface area (Å²) in [4.78, 5) is 15.6. The number of halogens is 1. The molecule has 0 spiro atoms. The maximum absolute atomic E-state index is 12.5. The van der Waals surface area contributed by atoms with E-state index in [1.807, 2.05) is 22.9 Å². The molecule has 2 N–H and O–H groups in total. The smallest absolute Gasteiger partial charge is 0.281 e. The molecule has 0 unspecified atom stereocenters. The number of H-pyrrole nitrogens is 1. The molecule has 172 valence electrons. The van der Waals surface area contributed by atoms with Crippen LogP contribution in [0.1, 0.15) is 54.2 Å². The highest BCUT2D eigenvalue weighted by atomic mass is 35.5. The minimum atomic E-state index is -3.68. The number of amides is 1. The molecule has 0 bridgehead atoms. The minimum Gasteiger partial charge on any atom is -0.494 e. The van der Waals surface area contributed by atoms with Crippen LogP contribution in [0.4, 0.5) is 0 Å². The molecule has 0 aliphatic heterocycles. The first-order valence-corrected chi connectivity index (χ1v) is 13.1. The quantitative estimate of drug-likeness (QED) is 0.370. The summed E-state index contributed by atoms with van der Waals surface area (Å²) in [6.07, 6.45) is 6.79. The fraction of sp³-hybridized carbons (Fsp3) is 0.375. The lowest BCUT2D eigenvalue weighted by molar-refractivity contribution is 0.0976. The standard InChI is InChI=1S/C24H29ClN2O4S/c1-3-4-5-8-17-9-6-10-19(15-17)31-14-7-11-21-20-13-12-18(25)16-22(20)26-23(21)24(28)27-32(2,29)30/h6,9-10,12-13,15-16,26H,3-5,7-8,11,14H2,1-2H3,(H,27,28). The Morgan fingerprint density at radius 1 is 1.09 bits per heavy atom. The number of ether oxygens (including phenoxy) is 1. The Balaban J connectivity index is 1.68. The van der Waals surface area contributed by atoms with Crippen molar-refractivity contribution in [3.05, 3.63) is 64.3 Å². The van der Waals surface area contributed by atoms with Gasteiger partial charge in [0.2, 0.25) is 10.0 Å². The van der Waals surface area contributed by atoms with Crippen LogP contribution < -0.4 is 9.46 Å². The van der Waals surface area contributed by atoms with Gasteiger partial charge in [-0.2, -0.15) is 0 Å². The van der Waals surface area contributed by atoms with Gasteiger partial charge in [0.25, 0.3) is 5.91 Å². The molecule has 0 aliphatic rings. The number of carbonyl (C=O) groups excluding carboxylic acids is 1. The number of hydrogen-bond donors (Lipinski definition) is 2. The molecule has 0 saturated heterocycles. The average Bonchev–Trinajstić information content (AvgIpc) is 3.08. The van der Waals surface area contributed by atoms with E-state index in [2.05, 4.69) is 24.0 Å². The third kappa shape index (κ3) is 6.74. The number of aromatic nitrogens is 1. The number of fused-ring (bicyclic) bond motifs is 1. The Labute approximate surface area is 194 Å². The van der Waals surface area contributed by atoms with Crippen molar-refractivity contribution < 1.29 is 17.9 Å². The van der Waals surface area contributed by atoms with Crippen LogP contribution in [-0.2, 0) is 22.9 Å². The SMILES string of the molecule is CCCCCc1cccc(OCCCc2c(C(=O)NS(C)(=O)=O)[nH]c3cc(Cl)ccc23)c1. The summed E-state index contributed by atoms with van der Waals surface area (Å²) >= 11 is 6.08. The van der Waals surface area contributed by atoms with Crippen LogP contribution in [-0.4, -0.2) is 32.2 Å². The molecular weight excluding hydrogens is 448 g/mol. The molecule has 6 nitrogen and oxygen atoms in total. The molecule has 0 fully saturated rings. The van der Waals surface area contributed by atoms with E-state index >= 15 is 0 Å². The molecule has 0 saturated carbocycles. The molecule has 3 rings (SSSR count). The Morgan fingerprint density at radius 2 is 1.91 bits per heavy atom. The van der Waals surface area contributed by atoms with Crippen molar-refractivity contribution in [1.82, 2.24) is 9.71 Å². The van der Waals surface area contributed by atoms with Crippen LogP contribution in [0.15, 0.2) is 42.5 Å². The van der Waals surface area contributed by atoms with Crippen LogP contribution >= 0.6 is 11.6 Å². The summed E-state index contributed by atoms with van der Waals surface area (Å²) < 4.78 is 31.0. The molecular formula is C24H29ClN2O4S. The highest BCUT2D eigenvalue weighted by molar-refractivity contribution is 7.89. The Bertz CT molecular complexity index is 1190. The molecule has 0 radical (unpaired) electrons. The van der Waals surface area contributed by atoms with Gasteiger partial charge in [-0.25, -0.2) is 13.1 Å². The van der Waals surface area contributed by atoms with Gasteiger partial charge in [-0.1, -0.05) is 49.6 Å². The van der Waals surface area contributed by atoms with Gasteiger partial charge in [0.1, 0.15) is 11.4 Å². The topological polar surface area (TPSA) is 88.3 Å². The number of unbranched alkanes of at least 4 members (excludes halogenated alkanes) is 2. The first-order valence-electron chi connectivity index (χ1n) is 10.8. The molecule has 3 aromatic rings. The number of rotatable bonds is 11. The summed E-state index contributed by atoms with van der Waals surface area (Å²) in [5.74, 6) is 0.148. The normalized spacial score (nSPS) is 11.6. The number of hydrogen-bond acceptors (Lipinski definition) is 4. The second-order valence-corrected chi connectivity index (χ2v) is 10.1. The van der Waals surface area contributed by atoms with Gasteiger partial charge in [0.05, 0.1) is 12.9 Å². The van der Waals surface area contributed by atoms with Crippen LogP contribution in [0.5, 0.6) is 5.75 Å². The zero-order valence-electron chi connectivity index (χ0n) is 18.4. The van der Waals surface area contributed by atoms with E-state index in [1.54, 1.807) is 12.1 Å². The van der Waals surface area contributed by atoms with E-state index in [1.165, 1.54) is 24.8 Å². The highest BCUT2D eigenvalue weighted by Crippen LogP contribution is 2.27. The zero-order chi connectivity index (χ0) is 23.1. The summed E-state index contributed by atoms with van der Waals surface area (Å²) in [6.45, 7) is 2.67. The fourth-order valence-electron chi connectivity index (χ4n) is 3.71. The van der Waals surface area contributed by atoms with Gasteiger partial charge in [-0.05, 0) is 61.1 Å². The second-order valence-electron chi connectivity index (χ2n) is 7.93. The van der Waals surface area contributed by atoms with Crippen molar-refractivity contribution in [2.24, 2.45) is 0 Å². The van der Waals surface area contributed by atoms with Crippen LogP contribution in [0.2, 0.25) is 5.02 Å². The lowest BCUT2D eigenvalue weighted by Crippen LogP contribution is -2.30. The fourth-order valence-corrected chi connectivity index (χ4v) is 4.32. The minimum absolute atomic E-state index is 0.227.